The predicted molar refractivity (Wildman–Crippen MR) is 125 cm³/mol. The number of aliphatic hydroxyl groups is 1. The maximum Gasteiger partial charge on any atom is 0.191 e. The Morgan fingerprint density at radius 2 is 2.14 bits per heavy atom. The maximum atomic E-state index is 10.6. The van der Waals surface area contributed by atoms with Crippen LogP contribution in [0.2, 0.25) is 0 Å². The minimum absolute atomic E-state index is 0. The molecule has 1 aliphatic rings. The number of halogens is 1. The van der Waals surface area contributed by atoms with Gasteiger partial charge in [0.25, 0.3) is 0 Å². The number of nitrogens with one attached hydrogen (secondary N) is 2. The topological polar surface area (TPSA) is 73.0 Å². The Labute approximate surface area is 184 Å². The molecular weight excluding hydrogens is 467 g/mol. The highest BCUT2D eigenvalue weighted by molar-refractivity contribution is 14.0. The molecule has 7 heteroatoms. The van der Waals surface area contributed by atoms with Crippen molar-refractivity contribution in [2.24, 2.45) is 4.99 Å². The van der Waals surface area contributed by atoms with Crippen molar-refractivity contribution in [1.29, 1.82) is 0 Å². The molecule has 154 valence electrons. The summed E-state index contributed by atoms with van der Waals surface area (Å²) in [5.41, 5.74) is 2.82. The molecule has 0 fully saturated rings. The highest BCUT2D eigenvalue weighted by Gasteiger charge is 2.26. The lowest BCUT2D eigenvalue weighted by atomic mass is 10.00. The number of fused-ring (bicyclic) bond motifs is 1. The van der Waals surface area contributed by atoms with Gasteiger partial charge in [0.2, 0.25) is 0 Å². The average Bonchev–Trinajstić information content (AvgIpc) is 3.20. The highest BCUT2D eigenvalue weighted by Crippen LogP contribution is 2.27. The molecule has 28 heavy (non-hydrogen) atoms. The van der Waals surface area contributed by atoms with Crippen LogP contribution in [0.4, 0.5) is 5.69 Å². The fourth-order valence-electron chi connectivity index (χ4n) is 3.38. The molecule has 1 aromatic heterocycles. The molecule has 0 saturated heterocycles. The summed E-state index contributed by atoms with van der Waals surface area (Å²) in [5, 5.41) is 17.0. The van der Waals surface area contributed by atoms with E-state index in [1.54, 1.807) is 25.3 Å². The van der Waals surface area contributed by atoms with Gasteiger partial charge in [0.15, 0.2) is 5.96 Å². The van der Waals surface area contributed by atoms with Gasteiger partial charge in [0, 0.05) is 25.8 Å². The van der Waals surface area contributed by atoms with E-state index >= 15 is 0 Å². The third kappa shape index (κ3) is 5.64. The minimum atomic E-state index is -1.10. The Hall–Kier alpha value is -1.74. The van der Waals surface area contributed by atoms with Crippen molar-refractivity contribution in [2.75, 3.05) is 31.6 Å². The predicted octanol–water partition coefficient (Wildman–Crippen LogP) is 3.24. The van der Waals surface area contributed by atoms with Gasteiger partial charge in [-0.25, -0.2) is 4.99 Å². The largest absolute Gasteiger partial charge is 0.466 e. The summed E-state index contributed by atoms with van der Waals surface area (Å²) >= 11 is 0. The van der Waals surface area contributed by atoms with E-state index in [1.165, 1.54) is 23.2 Å². The summed E-state index contributed by atoms with van der Waals surface area (Å²) < 4.78 is 5.33. The van der Waals surface area contributed by atoms with Gasteiger partial charge in [0.1, 0.15) is 11.4 Å². The van der Waals surface area contributed by atoms with Crippen molar-refractivity contribution >= 4 is 35.6 Å². The van der Waals surface area contributed by atoms with Crippen molar-refractivity contribution < 1.29 is 9.52 Å². The molecule has 2 aromatic rings. The van der Waals surface area contributed by atoms with E-state index in [-0.39, 0.29) is 24.0 Å². The fraction of sp³-hybridized carbons (Fsp3) is 0.476. The fourth-order valence-corrected chi connectivity index (χ4v) is 3.38. The first-order chi connectivity index (χ1) is 13.0. The quantitative estimate of drug-likeness (QED) is 0.324. The van der Waals surface area contributed by atoms with Crippen molar-refractivity contribution in [3.8, 4) is 0 Å². The molecule has 2 heterocycles. The number of furan rings is 1. The number of rotatable bonds is 6. The molecule has 1 aromatic carbocycles. The minimum Gasteiger partial charge on any atom is -0.466 e. The third-order valence-electron chi connectivity index (χ3n) is 4.91. The van der Waals surface area contributed by atoms with Crippen LogP contribution >= 0.6 is 24.0 Å². The molecule has 0 spiro atoms. The van der Waals surface area contributed by atoms with Crippen LogP contribution in [0.25, 0.3) is 0 Å². The first-order valence-corrected chi connectivity index (χ1v) is 9.61. The van der Waals surface area contributed by atoms with Gasteiger partial charge in [0.05, 0.1) is 19.4 Å². The molecule has 0 radical (unpaired) electrons. The number of benzene rings is 1. The summed E-state index contributed by atoms with van der Waals surface area (Å²) in [4.78, 5) is 6.99. The van der Waals surface area contributed by atoms with Crippen molar-refractivity contribution in [3.05, 3.63) is 53.5 Å². The van der Waals surface area contributed by atoms with E-state index in [2.05, 4.69) is 45.8 Å². The standard InChI is InChI=1S/C21H30N4O2.HI/c1-4-22-20(24-15-21(2,26)19-8-6-12-27-19)23-14-16-9-10-18-17(13-16)7-5-11-25(18)3;/h6,8-10,12-13,26H,4-5,7,11,14-15H2,1-3H3,(H2,22,23,24);1H. The van der Waals surface area contributed by atoms with E-state index in [0.717, 1.165) is 19.5 Å². The maximum absolute atomic E-state index is 10.6. The van der Waals surface area contributed by atoms with Gasteiger partial charge >= 0.3 is 0 Å². The van der Waals surface area contributed by atoms with Crippen LogP contribution in [0.5, 0.6) is 0 Å². The zero-order valence-corrected chi connectivity index (χ0v) is 19.2. The van der Waals surface area contributed by atoms with E-state index in [4.69, 9.17) is 4.42 Å². The second-order valence-electron chi connectivity index (χ2n) is 7.29. The number of nitrogens with zero attached hydrogens (tertiary/aromatic N) is 2. The van der Waals surface area contributed by atoms with Gasteiger partial charge in [-0.15, -0.1) is 24.0 Å². The van der Waals surface area contributed by atoms with E-state index < -0.39 is 5.60 Å². The molecule has 0 aliphatic carbocycles. The number of hydrogen-bond donors (Lipinski definition) is 3. The Morgan fingerprint density at radius 3 is 2.86 bits per heavy atom. The average molecular weight is 498 g/mol. The molecule has 1 atom stereocenters. The number of aryl methyl sites for hydroxylation is 1. The van der Waals surface area contributed by atoms with Gasteiger partial charge in [-0.2, -0.15) is 0 Å². The zero-order chi connectivity index (χ0) is 19.3. The highest BCUT2D eigenvalue weighted by atomic mass is 127. The summed E-state index contributed by atoms with van der Waals surface area (Å²) in [6.07, 6.45) is 3.89. The van der Waals surface area contributed by atoms with Crippen LogP contribution in [0.15, 0.2) is 46.0 Å². The van der Waals surface area contributed by atoms with E-state index in [1.807, 2.05) is 6.92 Å². The summed E-state index contributed by atoms with van der Waals surface area (Å²) in [6.45, 7) is 6.52. The first kappa shape index (κ1) is 22.5. The normalized spacial score (nSPS) is 16.0. The van der Waals surface area contributed by atoms with Crippen molar-refractivity contribution in [2.45, 2.75) is 38.8 Å². The molecule has 6 nitrogen and oxygen atoms in total. The van der Waals surface area contributed by atoms with Crippen LogP contribution in [0, 0.1) is 0 Å². The van der Waals surface area contributed by atoms with Gasteiger partial charge in [-0.3, -0.25) is 0 Å². The van der Waals surface area contributed by atoms with E-state index in [0.29, 0.717) is 24.8 Å². The second-order valence-corrected chi connectivity index (χ2v) is 7.29. The monoisotopic (exact) mass is 498 g/mol. The van der Waals surface area contributed by atoms with Crippen LogP contribution in [-0.2, 0) is 18.6 Å². The lowest BCUT2D eigenvalue weighted by Gasteiger charge is -2.27. The number of anilines is 1. The molecule has 3 N–H and O–H groups in total. The Balaban J connectivity index is 0.00000280. The Kier molecular flexibility index (Phi) is 8.18. The van der Waals surface area contributed by atoms with Gasteiger partial charge < -0.3 is 25.1 Å². The second kappa shape index (κ2) is 10.2. The summed E-state index contributed by atoms with van der Waals surface area (Å²) in [7, 11) is 2.15. The van der Waals surface area contributed by atoms with Gasteiger partial charge in [-0.05, 0) is 56.0 Å². The molecule has 0 bridgehead atoms. The Morgan fingerprint density at radius 1 is 1.32 bits per heavy atom. The third-order valence-corrected chi connectivity index (χ3v) is 4.91. The Bertz CT molecular complexity index is 775. The summed E-state index contributed by atoms with van der Waals surface area (Å²) in [6, 6.07) is 10.2. The number of guanidine groups is 1. The molecule has 1 aliphatic heterocycles. The SMILES string of the molecule is CCNC(=NCc1ccc2c(c1)CCCN2C)NCC(C)(O)c1ccco1.I. The molecule has 0 amide bonds. The molecule has 3 rings (SSSR count). The lowest BCUT2D eigenvalue weighted by Crippen LogP contribution is -2.44. The van der Waals surface area contributed by atoms with Crippen LogP contribution in [0.3, 0.4) is 0 Å². The van der Waals surface area contributed by atoms with Gasteiger partial charge in [-0.1, -0.05) is 12.1 Å². The van der Waals surface area contributed by atoms with Crippen LogP contribution < -0.4 is 15.5 Å². The number of aliphatic imine (C=N–C) groups is 1. The molecular formula is C21H31IN4O2. The van der Waals surface area contributed by atoms with Crippen LogP contribution in [-0.4, -0.2) is 37.7 Å². The number of hydrogen-bond acceptors (Lipinski definition) is 4. The van der Waals surface area contributed by atoms with Crippen molar-refractivity contribution in [3.63, 3.8) is 0 Å². The van der Waals surface area contributed by atoms with Crippen molar-refractivity contribution in [1.82, 2.24) is 10.6 Å². The van der Waals surface area contributed by atoms with E-state index in [9.17, 15) is 5.11 Å². The lowest BCUT2D eigenvalue weighted by molar-refractivity contribution is 0.0386. The van der Waals surface area contributed by atoms with Crippen LogP contribution in [0.1, 0.15) is 37.2 Å². The first-order valence-electron chi connectivity index (χ1n) is 9.61. The zero-order valence-electron chi connectivity index (χ0n) is 16.9. The molecule has 0 saturated carbocycles. The molecule has 1 unspecified atom stereocenters. The smallest absolute Gasteiger partial charge is 0.191 e. The summed E-state index contributed by atoms with van der Waals surface area (Å²) in [5.74, 6) is 1.21.